The van der Waals surface area contributed by atoms with Gasteiger partial charge in [0.15, 0.2) is 0 Å². The van der Waals surface area contributed by atoms with E-state index in [9.17, 15) is 14.9 Å². The van der Waals surface area contributed by atoms with Crippen molar-refractivity contribution in [1.29, 1.82) is 0 Å². The highest BCUT2D eigenvalue weighted by molar-refractivity contribution is 6.36. The van der Waals surface area contributed by atoms with E-state index in [0.717, 1.165) is 5.56 Å². The molecule has 104 valence electrons. The van der Waals surface area contributed by atoms with Crippen LogP contribution in [0.25, 0.3) is 11.6 Å². The van der Waals surface area contributed by atoms with Crippen LogP contribution in [0.1, 0.15) is 11.1 Å². The summed E-state index contributed by atoms with van der Waals surface area (Å²) in [5.74, 6) is -0.251. The molecule has 3 rings (SSSR count). The Morgan fingerprint density at radius 1 is 1.19 bits per heavy atom. The van der Waals surface area contributed by atoms with Crippen molar-refractivity contribution >= 4 is 40.5 Å². The minimum atomic E-state index is -0.468. The van der Waals surface area contributed by atoms with Crippen LogP contribution in [-0.4, -0.2) is 10.8 Å². The molecule has 0 fully saturated rings. The number of carbonyl (C=O) groups excluding carboxylic acids is 1. The molecule has 1 aliphatic rings. The Labute approximate surface area is 125 Å². The number of hydrogen-bond acceptors (Lipinski definition) is 3. The quantitative estimate of drug-likeness (QED) is 0.521. The number of halogens is 1. The van der Waals surface area contributed by atoms with Gasteiger partial charge >= 0.3 is 0 Å². The fraction of sp³-hybridized carbons (Fsp3) is 0. The van der Waals surface area contributed by atoms with E-state index in [2.05, 4.69) is 5.32 Å². The monoisotopic (exact) mass is 300 g/mol. The number of nitrogens with one attached hydrogen (secondary N) is 1. The molecule has 6 heteroatoms. The van der Waals surface area contributed by atoms with Crippen molar-refractivity contribution in [3.63, 3.8) is 0 Å². The van der Waals surface area contributed by atoms with Gasteiger partial charge in [0.25, 0.3) is 11.6 Å². The number of nitro groups is 1. The molecule has 1 aliphatic heterocycles. The summed E-state index contributed by atoms with van der Waals surface area (Å²) in [5, 5.41) is 14.0. The number of hydrogen-bond donors (Lipinski definition) is 1. The predicted molar refractivity (Wildman–Crippen MR) is 81.0 cm³/mol. The van der Waals surface area contributed by atoms with Gasteiger partial charge in [-0.05, 0) is 23.8 Å². The van der Waals surface area contributed by atoms with Crippen molar-refractivity contribution in [2.45, 2.75) is 0 Å². The van der Waals surface area contributed by atoms with Crippen molar-refractivity contribution in [3.05, 3.63) is 68.7 Å². The molecule has 0 aromatic heterocycles. The van der Waals surface area contributed by atoms with E-state index in [1.165, 1.54) is 12.1 Å². The van der Waals surface area contributed by atoms with Crippen LogP contribution in [0.4, 0.5) is 11.4 Å². The molecule has 0 saturated heterocycles. The molecule has 0 spiro atoms. The zero-order chi connectivity index (χ0) is 15.0. The van der Waals surface area contributed by atoms with Crippen LogP contribution in [0.5, 0.6) is 0 Å². The molecule has 0 aliphatic carbocycles. The Balaban J connectivity index is 2.07. The lowest BCUT2D eigenvalue weighted by molar-refractivity contribution is -0.384. The first-order valence-corrected chi connectivity index (χ1v) is 6.50. The first-order valence-electron chi connectivity index (χ1n) is 6.12. The maximum atomic E-state index is 12.0. The average Bonchev–Trinajstić information content (AvgIpc) is 2.74. The maximum absolute atomic E-state index is 12.0. The van der Waals surface area contributed by atoms with Crippen molar-refractivity contribution < 1.29 is 9.72 Å². The van der Waals surface area contributed by atoms with E-state index in [4.69, 9.17) is 11.6 Å². The summed E-state index contributed by atoms with van der Waals surface area (Å²) in [5.41, 5.74) is 2.42. The van der Waals surface area contributed by atoms with Gasteiger partial charge in [-0.25, -0.2) is 0 Å². The van der Waals surface area contributed by atoms with Crippen molar-refractivity contribution in [1.82, 2.24) is 0 Å². The number of benzene rings is 2. The highest BCUT2D eigenvalue weighted by Crippen LogP contribution is 2.35. The van der Waals surface area contributed by atoms with Crippen molar-refractivity contribution in [2.24, 2.45) is 0 Å². The van der Waals surface area contributed by atoms with Gasteiger partial charge in [0.1, 0.15) is 0 Å². The predicted octanol–water partition coefficient (Wildman–Crippen LogP) is 3.74. The van der Waals surface area contributed by atoms with Crippen molar-refractivity contribution in [2.75, 3.05) is 5.32 Å². The van der Waals surface area contributed by atoms with Crippen molar-refractivity contribution in [3.8, 4) is 0 Å². The number of non-ortho nitro benzene ring substituents is 1. The van der Waals surface area contributed by atoms with Gasteiger partial charge in [0.05, 0.1) is 10.6 Å². The second kappa shape index (κ2) is 5.03. The number of rotatable bonds is 2. The molecule has 0 saturated carbocycles. The molecular weight excluding hydrogens is 292 g/mol. The van der Waals surface area contributed by atoms with Gasteiger partial charge in [0, 0.05) is 28.3 Å². The number of nitrogens with zero attached hydrogens (tertiary/aromatic N) is 1. The summed E-state index contributed by atoms with van der Waals surface area (Å²) in [6, 6.07) is 11.2. The highest BCUT2D eigenvalue weighted by Gasteiger charge is 2.24. The van der Waals surface area contributed by atoms with Crippen LogP contribution in [0, 0.1) is 10.1 Å². The smallest absolute Gasteiger partial charge is 0.270 e. The lowest BCUT2D eigenvalue weighted by atomic mass is 10.0. The molecule has 0 bridgehead atoms. The van der Waals surface area contributed by atoms with E-state index in [0.29, 0.717) is 21.8 Å². The number of carbonyl (C=O) groups is 1. The summed E-state index contributed by atoms with van der Waals surface area (Å²) in [7, 11) is 0. The molecule has 1 heterocycles. The third kappa shape index (κ3) is 2.51. The van der Waals surface area contributed by atoms with Crippen LogP contribution in [-0.2, 0) is 4.79 Å². The zero-order valence-corrected chi connectivity index (χ0v) is 11.4. The molecule has 21 heavy (non-hydrogen) atoms. The molecule has 1 N–H and O–H groups in total. The van der Waals surface area contributed by atoms with Crippen LogP contribution in [0.2, 0.25) is 5.02 Å². The Bertz CT molecular complexity index is 799. The minimum Gasteiger partial charge on any atom is -0.321 e. The fourth-order valence-corrected chi connectivity index (χ4v) is 2.38. The number of fused-ring (bicyclic) bond motifs is 1. The molecular formula is C15H9ClN2O3. The van der Waals surface area contributed by atoms with Crippen LogP contribution in [0.3, 0.4) is 0 Å². The molecule has 5 nitrogen and oxygen atoms in total. The Morgan fingerprint density at radius 3 is 2.76 bits per heavy atom. The number of anilines is 1. The first kappa shape index (κ1) is 13.3. The third-order valence-corrected chi connectivity index (χ3v) is 3.39. The molecule has 0 atom stereocenters. The van der Waals surface area contributed by atoms with Crippen LogP contribution in [0.15, 0.2) is 42.5 Å². The SMILES string of the molecule is O=C1Nc2cc(Cl)ccc2C1=Cc1cccc([N+](=O)[O-])c1. The molecule has 1 amide bonds. The van der Waals surface area contributed by atoms with Gasteiger partial charge in [-0.2, -0.15) is 0 Å². The highest BCUT2D eigenvalue weighted by atomic mass is 35.5. The standard InChI is InChI=1S/C15H9ClN2O3/c16-10-4-5-12-13(15(19)17-14(12)8-10)7-9-2-1-3-11(6-9)18(20)21/h1-8H,(H,17,19). The normalized spacial score (nSPS) is 14.9. The van der Waals surface area contributed by atoms with E-state index in [1.54, 1.807) is 36.4 Å². The average molecular weight is 301 g/mol. The fourth-order valence-electron chi connectivity index (χ4n) is 2.20. The Morgan fingerprint density at radius 2 is 2.00 bits per heavy atom. The van der Waals surface area contributed by atoms with Crippen LogP contribution < -0.4 is 5.32 Å². The summed E-state index contributed by atoms with van der Waals surface area (Å²) >= 11 is 5.89. The lowest BCUT2D eigenvalue weighted by Gasteiger charge is -1.99. The van der Waals surface area contributed by atoms with Gasteiger partial charge in [-0.15, -0.1) is 0 Å². The van der Waals surface area contributed by atoms with E-state index >= 15 is 0 Å². The minimum absolute atomic E-state index is 0.0147. The maximum Gasteiger partial charge on any atom is 0.270 e. The number of nitro benzene ring substituents is 1. The second-order valence-electron chi connectivity index (χ2n) is 4.55. The topological polar surface area (TPSA) is 72.2 Å². The zero-order valence-electron chi connectivity index (χ0n) is 10.7. The largest absolute Gasteiger partial charge is 0.321 e. The Kier molecular flexibility index (Phi) is 3.19. The first-order chi connectivity index (χ1) is 10.0. The van der Waals surface area contributed by atoms with E-state index < -0.39 is 4.92 Å². The molecule has 2 aromatic rings. The van der Waals surface area contributed by atoms with Gasteiger partial charge in [0.2, 0.25) is 0 Å². The second-order valence-corrected chi connectivity index (χ2v) is 4.99. The summed E-state index contributed by atoms with van der Waals surface area (Å²) in [6.45, 7) is 0. The molecule has 2 aromatic carbocycles. The lowest BCUT2D eigenvalue weighted by Crippen LogP contribution is -2.03. The Hall–Kier alpha value is -2.66. The van der Waals surface area contributed by atoms with Gasteiger partial charge in [-0.1, -0.05) is 29.8 Å². The third-order valence-electron chi connectivity index (χ3n) is 3.16. The number of amides is 1. The van der Waals surface area contributed by atoms with Gasteiger partial charge in [-0.3, -0.25) is 14.9 Å². The molecule has 0 radical (unpaired) electrons. The summed E-state index contributed by atoms with van der Waals surface area (Å²) in [4.78, 5) is 22.3. The van der Waals surface area contributed by atoms with Gasteiger partial charge < -0.3 is 5.32 Å². The summed E-state index contributed by atoms with van der Waals surface area (Å²) in [6.07, 6.45) is 1.63. The van der Waals surface area contributed by atoms with E-state index in [-0.39, 0.29) is 11.6 Å². The summed E-state index contributed by atoms with van der Waals surface area (Å²) < 4.78 is 0. The van der Waals surface area contributed by atoms with E-state index in [1.807, 2.05) is 0 Å². The molecule has 0 unspecified atom stereocenters. The van der Waals surface area contributed by atoms with Crippen LogP contribution >= 0.6 is 11.6 Å².